The van der Waals surface area contributed by atoms with Crippen molar-refractivity contribution in [3.63, 3.8) is 0 Å². The summed E-state index contributed by atoms with van der Waals surface area (Å²) in [5, 5.41) is 16.2. The van der Waals surface area contributed by atoms with Crippen LogP contribution in [0.4, 0.5) is 0 Å². The molecule has 0 radical (unpaired) electrons. The third kappa shape index (κ3) is 7.52. The Morgan fingerprint density at radius 1 is 0.976 bits per heavy atom. The minimum Gasteiger partial charge on any atom is -0.480 e. The highest BCUT2D eigenvalue weighted by molar-refractivity contribution is 5.95. The number of fused-ring (bicyclic) bond motifs is 1. The number of carboxylic acids is 1. The van der Waals surface area contributed by atoms with Gasteiger partial charge >= 0.3 is 5.97 Å². The van der Waals surface area contributed by atoms with Crippen LogP contribution in [-0.2, 0) is 36.8 Å². The van der Waals surface area contributed by atoms with Crippen molar-refractivity contribution in [2.75, 3.05) is 6.54 Å². The van der Waals surface area contributed by atoms with Crippen molar-refractivity contribution in [1.82, 2.24) is 20.5 Å². The third-order valence-corrected chi connectivity index (χ3v) is 7.49. The number of nitrogens with zero attached hydrogens (tertiary/aromatic N) is 1. The lowest BCUT2D eigenvalue weighted by atomic mass is 10.0. The number of likely N-dealkylation sites (tertiary alicyclic amines) is 1. The summed E-state index contributed by atoms with van der Waals surface area (Å²) in [6.45, 7) is 0.308. The fourth-order valence-electron chi connectivity index (χ4n) is 5.26. The Balaban J connectivity index is 1.49. The normalized spacial score (nSPS) is 16.9. The number of rotatable bonds is 13. The van der Waals surface area contributed by atoms with Gasteiger partial charge in [-0.25, -0.2) is 4.79 Å². The predicted molar refractivity (Wildman–Crippen MR) is 155 cm³/mol. The molecule has 1 saturated heterocycles. The van der Waals surface area contributed by atoms with Gasteiger partial charge in [0, 0.05) is 42.9 Å². The number of nitrogens with two attached hydrogens (primary N) is 2. The molecule has 4 atom stereocenters. The highest BCUT2D eigenvalue weighted by Gasteiger charge is 2.38. The molecule has 1 aliphatic rings. The zero-order chi connectivity index (χ0) is 30.2. The number of para-hydroxylation sites is 1. The maximum absolute atomic E-state index is 13.5. The van der Waals surface area contributed by atoms with E-state index in [2.05, 4.69) is 15.6 Å². The molecule has 2 heterocycles. The largest absolute Gasteiger partial charge is 0.480 e. The van der Waals surface area contributed by atoms with Crippen LogP contribution in [-0.4, -0.2) is 75.3 Å². The van der Waals surface area contributed by atoms with Gasteiger partial charge in [0.05, 0.1) is 6.04 Å². The number of aliphatic carboxylic acids is 1. The molecule has 0 bridgehead atoms. The molecule has 8 N–H and O–H groups in total. The molecule has 0 saturated carbocycles. The van der Waals surface area contributed by atoms with Crippen LogP contribution in [0, 0.1) is 0 Å². The average Bonchev–Trinajstić information content (AvgIpc) is 3.63. The second-order valence-corrected chi connectivity index (χ2v) is 10.5. The Morgan fingerprint density at radius 2 is 1.69 bits per heavy atom. The fraction of sp³-hybridized carbons (Fsp3) is 0.367. The Bertz CT molecular complexity index is 1440. The summed E-state index contributed by atoms with van der Waals surface area (Å²) in [6, 6.07) is 12.3. The van der Waals surface area contributed by atoms with E-state index in [9.17, 15) is 29.1 Å². The van der Waals surface area contributed by atoms with Crippen molar-refractivity contribution < 1.29 is 29.1 Å². The van der Waals surface area contributed by atoms with E-state index in [1.54, 1.807) is 30.5 Å². The van der Waals surface area contributed by atoms with Crippen molar-refractivity contribution in [2.24, 2.45) is 11.5 Å². The number of amides is 4. The molecule has 0 aliphatic carbocycles. The lowest BCUT2D eigenvalue weighted by molar-refractivity contribution is -0.143. The molecule has 12 heteroatoms. The van der Waals surface area contributed by atoms with Gasteiger partial charge in [-0.3, -0.25) is 19.2 Å². The minimum absolute atomic E-state index is 0.0329. The summed E-state index contributed by atoms with van der Waals surface area (Å²) in [7, 11) is 0. The van der Waals surface area contributed by atoms with Crippen molar-refractivity contribution in [1.29, 1.82) is 0 Å². The molecule has 222 valence electrons. The van der Waals surface area contributed by atoms with Crippen LogP contribution in [0.2, 0.25) is 0 Å². The lowest BCUT2D eigenvalue weighted by Gasteiger charge is -2.28. The van der Waals surface area contributed by atoms with Gasteiger partial charge in [0.25, 0.3) is 0 Å². The molecule has 1 aliphatic heterocycles. The Hall–Kier alpha value is -4.71. The molecule has 4 amide bonds. The fourth-order valence-corrected chi connectivity index (χ4v) is 5.26. The molecular formula is C30H36N6O6. The lowest BCUT2D eigenvalue weighted by Crippen LogP contribution is -2.57. The number of carbonyl (C=O) groups excluding carboxylic acids is 4. The molecule has 1 aromatic heterocycles. The van der Waals surface area contributed by atoms with Crippen LogP contribution in [0.3, 0.4) is 0 Å². The zero-order valence-electron chi connectivity index (χ0n) is 23.1. The van der Waals surface area contributed by atoms with Gasteiger partial charge in [-0.05, 0) is 36.5 Å². The second kappa shape index (κ2) is 13.8. The molecule has 42 heavy (non-hydrogen) atoms. The molecule has 4 unspecified atom stereocenters. The maximum Gasteiger partial charge on any atom is 0.326 e. The number of hydrogen-bond donors (Lipinski definition) is 6. The molecule has 12 nitrogen and oxygen atoms in total. The van der Waals surface area contributed by atoms with E-state index >= 15 is 0 Å². The average molecular weight is 577 g/mol. The van der Waals surface area contributed by atoms with Crippen LogP contribution >= 0.6 is 0 Å². The van der Waals surface area contributed by atoms with Gasteiger partial charge in [0.15, 0.2) is 0 Å². The Kier molecular flexibility index (Phi) is 9.92. The first-order chi connectivity index (χ1) is 20.1. The number of primary amides is 1. The monoisotopic (exact) mass is 576 g/mol. The summed E-state index contributed by atoms with van der Waals surface area (Å²) in [6.07, 6.45) is 2.80. The van der Waals surface area contributed by atoms with E-state index in [1.807, 2.05) is 30.3 Å². The van der Waals surface area contributed by atoms with E-state index in [1.165, 1.54) is 4.90 Å². The van der Waals surface area contributed by atoms with Gasteiger partial charge in [0.2, 0.25) is 23.6 Å². The second-order valence-electron chi connectivity index (χ2n) is 10.5. The predicted octanol–water partition coefficient (Wildman–Crippen LogP) is 0.591. The van der Waals surface area contributed by atoms with E-state index in [0.29, 0.717) is 19.4 Å². The van der Waals surface area contributed by atoms with Gasteiger partial charge in [-0.1, -0.05) is 48.5 Å². The molecule has 3 aromatic rings. The van der Waals surface area contributed by atoms with E-state index in [4.69, 9.17) is 11.5 Å². The molecule has 0 spiro atoms. The van der Waals surface area contributed by atoms with E-state index < -0.39 is 53.8 Å². The molecule has 2 aromatic carbocycles. The number of nitrogens with one attached hydrogen (secondary N) is 3. The molecule has 4 rings (SSSR count). The Morgan fingerprint density at radius 3 is 2.40 bits per heavy atom. The smallest absolute Gasteiger partial charge is 0.326 e. The van der Waals surface area contributed by atoms with Crippen LogP contribution in [0.5, 0.6) is 0 Å². The number of hydrogen-bond acceptors (Lipinski definition) is 6. The van der Waals surface area contributed by atoms with Gasteiger partial charge in [0.1, 0.15) is 18.1 Å². The van der Waals surface area contributed by atoms with Crippen LogP contribution in [0.25, 0.3) is 10.9 Å². The number of carboxylic acid groups (broad SMARTS) is 1. The summed E-state index contributed by atoms with van der Waals surface area (Å²) in [5.41, 5.74) is 13.5. The first-order valence-electron chi connectivity index (χ1n) is 13.9. The van der Waals surface area contributed by atoms with Gasteiger partial charge < -0.3 is 37.1 Å². The SMILES string of the molecule is NC(=O)CCC(N)C(=O)N1CCCC1C(=O)NC(Cc1ccccc1)C(=O)NC(Cc1c[nH]c2ccccc12)C(=O)O. The number of aromatic amines is 1. The minimum atomic E-state index is -1.25. The molecule has 1 fully saturated rings. The summed E-state index contributed by atoms with van der Waals surface area (Å²) in [5.74, 6) is -3.46. The maximum atomic E-state index is 13.5. The molecular weight excluding hydrogens is 540 g/mol. The van der Waals surface area contributed by atoms with Crippen molar-refractivity contribution >= 4 is 40.5 Å². The quantitative estimate of drug-likeness (QED) is 0.171. The van der Waals surface area contributed by atoms with Crippen LogP contribution < -0.4 is 22.1 Å². The third-order valence-electron chi connectivity index (χ3n) is 7.49. The van der Waals surface area contributed by atoms with Gasteiger partial charge in [-0.2, -0.15) is 0 Å². The number of aromatic nitrogens is 1. The zero-order valence-corrected chi connectivity index (χ0v) is 23.1. The van der Waals surface area contributed by atoms with Crippen molar-refractivity contribution in [2.45, 2.75) is 62.7 Å². The topological polar surface area (TPSA) is 201 Å². The van der Waals surface area contributed by atoms with Crippen molar-refractivity contribution in [3.05, 3.63) is 71.9 Å². The van der Waals surface area contributed by atoms with Crippen molar-refractivity contribution in [3.8, 4) is 0 Å². The van der Waals surface area contributed by atoms with E-state index in [-0.39, 0.29) is 25.7 Å². The summed E-state index contributed by atoms with van der Waals surface area (Å²) in [4.78, 5) is 67.8. The van der Waals surface area contributed by atoms with Gasteiger partial charge in [-0.15, -0.1) is 0 Å². The first kappa shape index (κ1) is 30.3. The Labute approximate surface area is 242 Å². The summed E-state index contributed by atoms with van der Waals surface area (Å²) >= 11 is 0. The van der Waals surface area contributed by atoms with Crippen LogP contribution in [0.1, 0.15) is 36.8 Å². The number of benzene rings is 2. The first-order valence-corrected chi connectivity index (χ1v) is 13.9. The standard InChI is InChI=1S/C30H36N6O6/c31-21(12-13-26(32)37)29(40)36-14-6-11-25(36)28(39)34-23(15-18-7-2-1-3-8-18)27(38)35-24(30(41)42)16-19-17-33-22-10-5-4-9-20(19)22/h1-5,7-10,17,21,23-25,33H,6,11-16,31H2,(H2,32,37)(H,34,39)(H,35,38)(H,41,42). The number of H-pyrrole nitrogens is 1. The number of carbonyl (C=O) groups is 5. The highest BCUT2D eigenvalue weighted by Crippen LogP contribution is 2.21. The van der Waals surface area contributed by atoms with Crippen LogP contribution in [0.15, 0.2) is 60.8 Å². The van der Waals surface area contributed by atoms with E-state index in [0.717, 1.165) is 22.0 Å². The summed E-state index contributed by atoms with van der Waals surface area (Å²) < 4.78 is 0. The highest BCUT2D eigenvalue weighted by atomic mass is 16.4.